The summed E-state index contributed by atoms with van der Waals surface area (Å²) in [6.07, 6.45) is 0. The van der Waals surface area contributed by atoms with E-state index in [1.54, 1.807) is 17.8 Å². The quantitative estimate of drug-likeness (QED) is 0.742. The predicted octanol–water partition coefficient (Wildman–Crippen LogP) is 1.84. The summed E-state index contributed by atoms with van der Waals surface area (Å²) in [6, 6.07) is 1.65. The Balaban J connectivity index is 2.62. The number of aromatic carboxylic acids is 1. The number of hydrogen-bond donors (Lipinski definition) is 1. The first kappa shape index (κ1) is 8.56. The molecule has 0 fully saturated rings. The van der Waals surface area contributed by atoms with Gasteiger partial charge < -0.3 is 5.11 Å². The summed E-state index contributed by atoms with van der Waals surface area (Å²) in [7, 11) is 0. The van der Waals surface area contributed by atoms with Crippen molar-refractivity contribution >= 4 is 17.7 Å². The average molecular weight is 195 g/mol. The number of hydrogen-bond acceptors (Lipinski definition) is 3. The van der Waals surface area contributed by atoms with Crippen molar-refractivity contribution in [2.45, 2.75) is 18.4 Å². The standard InChI is InChI=1S/C9H9NO2S/c1-5-2-6(9(11)12)7-3-13-4-8(7)10-5/h2H,3-4H2,1H3,(H,11,12). The largest absolute Gasteiger partial charge is 0.478 e. The molecule has 0 aliphatic carbocycles. The maximum Gasteiger partial charge on any atom is 0.336 e. The Labute approximate surface area is 80.2 Å². The molecule has 3 nitrogen and oxygen atoms in total. The van der Waals surface area contributed by atoms with Crippen LogP contribution in [0.1, 0.15) is 27.3 Å². The highest BCUT2D eigenvalue weighted by molar-refractivity contribution is 7.98. The van der Waals surface area contributed by atoms with E-state index in [0.717, 1.165) is 28.5 Å². The molecule has 68 valence electrons. The van der Waals surface area contributed by atoms with Crippen LogP contribution in [0.25, 0.3) is 0 Å². The van der Waals surface area contributed by atoms with Crippen molar-refractivity contribution in [3.8, 4) is 0 Å². The average Bonchev–Trinajstić information content (AvgIpc) is 2.49. The highest BCUT2D eigenvalue weighted by Crippen LogP contribution is 2.31. The van der Waals surface area contributed by atoms with E-state index in [1.807, 2.05) is 6.92 Å². The minimum Gasteiger partial charge on any atom is -0.478 e. The zero-order chi connectivity index (χ0) is 9.42. The summed E-state index contributed by atoms with van der Waals surface area (Å²) in [6.45, 7) is 1.83. The first-order valence-electron chi connectivity index (χ1n) is 3.99. The van der Waals surface area contributed by atoms with E-state index in [0.29, 0.717) is 5.56 Å². The first-order valence-corrected chi connectivity index (χ1v) is 5.14. The molecule has 0 unspecified atom stereocenters. The smallest absolute Gasteiger partial charge is 0.336 e. The lowest BCUT2D eigenvalue weighted by Crippen LogP contribution is -2.04. The van der Waals surface area contributed by atoms with Gasteiger partial charge in [-0.25, -0.2) is 4.79 Å². The van der Waals surface area contributed by atoms with E-state index in [2.05, 4.69) is 4.98 Å². The van der Waals surface area contributed by atoms with E-state index in [1.165, 1.54) is 0 Å². The van der Waals surface area contributed by atoms with Crippen molar-refractivity contribution in [3.05, 3.63) is 28.6 Å². The third-order valence-electron chi connectivity index (χ3n) is 2.05. The molecule has 2 heterocycles. The number of aryl methyl sites for hydroxylation is 1. The molecule has 0 atom stereocenters. The third kappa shape index (κ3) is 1.42. The van der Waals surface area contributed by atoms with Crippen LogP contribution in [0.3, 0.4) is 0 Å². The van der Waals surface area contributed by atoms with Crippen LogP contribution in [0.2, 0.25) is 0 Å². The van der Waals surface area contributed by atoms with Gasteiger partial charge in [0, 0.05) is 17.2 Å². The lowest BCUT2D eigenvalue weighted by molar-refractivity contribution is 0.0695. The summed E-state index contributed by atoms with van der Waals surface area (Å²) in [5.41, 5.74) is 3.07. The van der Waals surface area contributed by atoms with Gasteiger partial charge in [-0.3, -0.25) is 4.98 Å². The minimum absolute atomic E-state index is 0.424. The van der Waals surface area contributed by atoms with Crippen LogP contribution in [0, 0.1) is 6.92 Å². The zero-order valence-corrected chi connectivity index (χ0v) is 8.02. The topological polar surface area (TPSA) is 50.2 Å². The number of carbonyl (C=O) groups is 1. The van der Waals surface area contributed by atoms with Crippen LogP contribution >= 0.6 is 11.8 Å². The molecule has 0 saturated carbocycles. The van der Waals surface area contributed by atoms with Gasteiger partial charge in [0.05, 0.1) is 11.3 Å². The Hall–Kier alpha value is -1.03. The number of carboxylic acid groups (broad SMARTS) is 1. The lowest BCUT2D eigenvalue weighted by atomic mass is 10.1. The molecule has 0 aromatic carbocycles. The maximum atomic E-state index is 10.9. The molecule has 2 rings (SSSR count). The van der Waals surface area contributed by atoms with Gasteiger partial charge >= 0.3 is 5.97 Å². The molecule has 0 radical (unpaired) electrons. The summed E-state index contributed by atoms with van der Waals surface area (Å²) in [4.78, 5) is 15.2. The molecule has 0 saturated heterocycles. The maximum absolute atomic E-state index is 10.9. The number of fused-ring (bicyclic) bond motifs is 1. The lowest BCUT2D eigenvalue weighted by Gasteiger charge is -2.03. The second-order valence-electron chi connectivity index (χ2n) is 3.03. The molecule has 1 N–H and O–H groups in total. The summed E-state index contributed by atoms with van der Waals surface area (Å²) < 4.78 is 0. The molecule has 0 spiro atoms. The van der Waals surface area contributed by atoms with Gasteiger partial charge in [0.15, 0.2) is 0 Å². The van der Waals surface area contributed by atoms with Crippen molar-refractivity contribution in [1.29, 1.82) is 0 Å². The van der Waals surface area contributed by atoms with Gasteiger partial charge in [-0.2, -0.15) is 11.8 Å². The van der Waals surface area contributed by atoms with E-state index >= 15 is 0 Å². The van der Waals surface area contributed by atoms with Gasteiger partial charge in [-0.15, -0.1) is 0 Å². The molecule has 0 bridgehead atoms. The van der Waals surface area contributed by atoms with Gasteiger partial charge in [0.2, 0.25) is 0 Å². The molecule has 1 aromatic rings. The van der Waals surface area contributed by atoms with Crippen LogP contribution in [0.5, 0.6) is 0 Å². The summed E-state index contributed by atoms with van der Waals surface area (Å²) in [5, 5.41) is 8.94. The fourth-order valence-electron chi connectivity index (χ4n) is 1.49. The van der Waals surface area contributed by atoms with Gasteiger partial charge in [-0.1, -0.05) is 0 Å². The molecular formula is C9H9NO2S. The second-order valence-corrected chi connectivity index (χ2v) is 4.02. The van der Waals surface area contributed by atoms with E-state index in [4.69, 9.17) is 5.11 Å². The Kier molecular flexibility index (Phi) is 2.00. The number of carboxylic acids is 1. The van der Waals surface area contributed by atoms with Crippen LogP contribution in [-0.2, 0) is 11.5 Å². The number of rotatable bonds is 1. The molecule has 4 heteroatoms. The highest BCUT2D eigenvalue weighted by atomic mass is 32.2. The Morgan fingerprint density at radius 2 is 2.38 bits per heavy atom. The Morgan fingerprint density at radius 3 is 3.08 bits per heavy atom. The SMILES string of the molecule is Cc1cc(C(=O)O)c2c(n1)CSC2. The Morgan fingerprint density at radius 1 is 1.62 bits per heavy atom. The van der Waals surface area contributed by atoms with Crippen LogP contribution in [-0.4, -0.2) is 16.1 Å². The highest BCUT2D eigenvalue weighted by Gasteiger charge is 2.20. The van der Waals surface area contributed by atoms with E-state index in [9.17, 15) is 4.79 Å². The van der Waals surface area contributed by atoms with Gasteiger partial charge in [-0.05, 0) is 18.6 Å². The van der Waals surface area contributed by atoms with Gasteiger partial charge in [0.25, 0.3) is 0 Å². The third-order valence-corrected chi connectivity index (χ3v) is 3.02. The van der Waals surface area contributed by atoms with Crippen LogP contribution in [0.15, 0.2) is 6.07 Å². The number of aromatic nitrogens is 1. The summed E-state index contributed by atoms with van der Waals surface area (Å²) in [5.74, 6) is 0.783. The first-order chi connectivity index (χ1) is 6.18. The number of pyridine rings is 1. The van der Waals surface area contributed by atoms with Crippen molar-refractivity contribution in [2.24, 2.45) is 0 Å². The van der Waals surface area contributed by atoms with Crippen molar-refractivity contribution < 1.29 is 9.90 Å². The summed E-state index contributed by atoms with van der Waals surface area (Å²) >= 11 is 1.72. The van der Waals surface area contributed by atoms with Crippen molar-refractivity contribution in [2.75, 3.05) is 0 Å². The minimum atomic E-state index is -0.843. The fraction of sp³-hybridized carbons (Fsp3) is 0.333. The number of nitrogens with zero attached hydrogens (tertiary/aromatic N) is 1. The van der Waals surface area contributed by atoms with Crippen molar-refractivity contribution in [1.82, 2.24) is 4.98 Å². The van der Waals surface area contributed by atoms with Crippen LogP contribution in [0.4, 0.5) is 0 Å². The van der Waals surface area contributed by atoms with Crippen molar-refractivity contribution in [3.63, 3.8) is 0 Å². The molecule has 0 amide bonds. The molecule has 1 aliphatic heterocycles. The number of thioether (sulfide) groups is 1. The zero-order valence-electron chi connectivity index (χ0n) is 7.20. The molecule has 1 aliphatic rings. The predicted molar refractivity (Wildman–Crippen MR) is 50.9 cm³/mol. The van der Waals surface area contributed by atoms with Crippen LogP contribution < -0.4 is 0 Å². The second kappa shape index (κ2) is 3.03. The molecular weight excluding hydrogens is 186 g/mol. The van der Waals surface area contributed by atoms with E-state index in [-0.39, 0.29) is 0 Å². The normalized spacial score (nSPS) is 14.2. The molecule has 13 heavy (non-hydrogen) atoms. The van der Waals surface area contributed by atoms with E-state index < -0.39 is 5.97 Å². The monoisotopic (exact) mass is 195 g/mol. The fourth-order valence-corrected chi connectivity index (χ4v) is 2.55. The molecule has 1 aromatic heterocycles. The van der Waals surface area contributed by atoms with Gasteiger partial charge in [0.1, 0.15) is 0 Å². The Bertz CT molecular complexity index is 376.